The third kappa shape index (κ3) is 4.94. The summed E-state index contributed by atoms with van der Waals surface area (Å²) in [5.41, 5.74) is 1.89. The molecule has 2 aromatic rings. The maximum atomic E-state index is 12.3. The van der Waals surface area contributed by atoms with Gasteiger partial charge in [0.15, 0.2) is 5.78 Å². The van der Waals surface area contributed by atoms with Crippen LogP contribution in [0.25, 0.3) is 0 Å². The summed E-state index contributed by atoms with van der Waals surface area (Å²) in [6.45, 7) is 0. The van der Waals surface area contributed by atoms with Crippen LogP contribution in [-0.4, -0.2) is 24.9 Å². The molecule has 0 heterocycles. The predicted octanol–water partition coefficient (Wildman–Crippen LogP) is 0.652. The molecule has 108 valence electrons. The molecule has 0 atom stereocenters. The molecule has 0 aromatic heterocycles. The molecule has 0 spiro atoms. The number of rotatable bonds is 5. The summed E-state index contributed by atoms with van der Waals surface area (Å²) in [6, 6.07) is 13.8. The van der Waals surface area contributed by atoms with Gasteiger partial charge >= 0.3 is 29.6 Å². The van der Waals surface area contributed by atoms with E-state index in [0.717, 1.165) is 0 Å². The Morgan fingerprint density at radius 1 is 1.00 bits per heavy atom. The maximum Gasteiger partial charge on any atom is 1.00 e. The van der Waals surface area contributed by atoms with Crippen molar-refractivity contribution in [2.75, 3.05) is 14.1 Å². The summed E-state index contributed by atoms with van der Waals surface area (Å²) in [4.78, 5) is 12.3. The van der Waals surface area contributed by atoms with Gasteiger partial charge in [-0.25, -0.2) is 0 Å². The molecule has 0 aliphatic heterocycles. The Balaban J connectivity index is 0.00000242. The first-order valence-corrected chi connectivity index (χ1v) is 6.36. The van der Waals surface area contributed by atoms with E-state index in [4.69, 9.17) is 4.74 Å². The molecule has 0 saturated heterocycles. The second kappa shape index (κ2) is 8.68. The molecule has 0 unspecified atom stereocenters. The number of ether oxygens (including phenoxy) is 1. The number of benzene rings is 2. The maximum absolute atomic E-state index is 12.3. The molecule has 0 radical (unpaired) electrons. The van der Waals surface area contributed by atoms with Gasteiger partial charge in [-0.05, 0) is 48.5 Å². The van der Waals surface area contributed by atoms with Crippen LogP contribution in [-0.2, 0) is 0 Å². The van der Waals surface area contributed by atoms with Crippen molar-refractivity contribution < 1.29 is 39.1 Å². The van der Waals surface area contributed by atoms with Crippen LogP contribution >= 0.6 is 0 Å². The Morgan fingerprint density at radius 2 is 1.50 bits per heavy atom. The monoisotopic (exact) mass is 305 g/mol. The first-order chi connectivity index (χ1) is 10.1. The predicted molar refractivity (Wildman–Crippen MR) is 80.5 cm³/mol. The quantitative estimate of drug-likeness (QED) is 0.268. The third-order valence-electron chi connectivity index (χ3n) is 2.75. The number of ketones is 1. The van der Waals surface area contributed by atoms with E-state index >= 15 is 0 Å². The Bertz CT molecular complexity index is 637. The molecule has 0 amide bonds. The molecule has 0 fully saturated rings. The van der Waals surface area contributed by atoms with Gasteiger partial charge in [0.25, 0.3) is 0 Å². The summed E-state index contributed by atoms with van der Waals surface area (Å²) >= 11 is 0. The Kier molecular flexibility index (Phi) is 7.24. The fourth-order valence-electron chi connectivity index (χ4n) is 1.69. The fourth-order valence-corrected chi connectivity index (χ4v) is 1.69. The molecule has 0 bridgehead atoms. The molecule has 0 saturated carbocycles. The van der Waals surface area contributed by atoms with E-state index in [9.17, 15) is 4.79 Å². The summed E-state index contributed by atoms with van der Waals surface area (Å²) in [5, 5.41) is 9.52. The standard InChI is InChI=1S/C16H16N3O2.Na/c1-19(2)18-17-14-8-4-12(5-9-14)16(20)13-6-10-15(21-3)11-7-13;/h4-11H,3H2,1-2H3;/q-1;+1. The van der Waals surface area contributed by atoms with E-state index in [0.29, 0.717) is 22.6 Å². The van der Waals surface area contributed by atoms with Crippen molar-refractivity contribution in [2.24, 2.45) is 10.3 Å². The van der Waals surface area contributed by atoms with Crippen molar-refractivity contribution in [3.05, 3.63) is 66.8 Å². The van der Waals surface area contributed by atoms with Gasteiger partial charge in [0, 0.05) is 25.2 Å². The van der Waals surface area contributed by atoms with E-state index in [1.54, 1.807) is 67.6 Å². The van der Waals surface area contributed by atoms with Gasteiger partial charge in [-0.2, -0.15) is 7.11 Å². The first-order valence-electron chi connectivity index (χ1n) is 6.36. The molecule has 0 N–H and O–H groups in total. The van der Waals surface area contributed by atoms with Gasteiger partial charge in [-0.15, -0.1) is 5.11 Å². The van der Waals surface area contributed by atoms with E-state index in [1.807, 2.05) is 0 Å². The van der Waals surface area contributed by atoms with E-state index in [-0.39, 0.29) is 35.3 Å². The number of hydrogen-bond donors (Lipinski definition) is 0. The van der Waals surface area contributed by atoms with Gasteiger partial charge < -0.3 is 4.74 Å². The SMILES string of the molecule is [CH2-]Oc1ccc(C(=O)c2ccc(N=NN(C)C)cc2)cc1.[Na+]. The second-order valence-electron chi connectivity index (χ2n) is 4.58. The number of hydrogen-bond acceptors (Lipinski definition) is 4. The van der Waals surface area contributed by atoms with E-state index < -0.39 is 0 Å². The van der Waals surface area contributed by atoms with Gasteiger partial charge in [-0.1, -0.05) is 5.22 Å². The minimum absolute atomic E-state index is 0. The van der Waals surface area contributed by atoms with Crippen LogP contribution in [0, 0.1) is 7.11 Å². The largest absolute Gasteiger partial charge is 1.00 e. The van der Waals surface area contributed by atoms with E-state index in [1.165, 1.54) is 0 Å². The van der Waals surface area contributed by atoms with Gasteiger partial charge in [0.05, 0.1) is 11.4 Å². The van der Waals surface area contributed by atoms with Crippen LogP contribution in [0.4, 0.5) is 5.69 Å². The van der Waals surface area contributed by atoms with Crippen LogP contribution in [0.5, 0.6) is 5.75 Å². The van der Waals surface area contributed by atoms with Crippen molar-refractivity contribution in [3.8, 4) is 5.75 Å². The second-order valence-corrected chi connectivity index (χ2v) is 4.58. The van der Waals surface area contributed by atoms with Crippen molar-refractivity contribution >= 4 is 11.5 Å². The molecule has 0 aliphatic rings. The van der Waals surface area contributed by atoms with Gasteiger partial charge in [0.2, 0.25) is 0 Å². The zero-order valence-corrected chi connectivity index (χ0v) is 15.0. The molecule has 2 aromatic carbocycles. The van der Waals surface area contributed by atoms with Crippen LogP contribution < -0.4 is 34.3 Å². The van der Waals surface area contributed by atoms with Crippen molar-refractivity contribution in [3.63, 3.8) is 0 Å². The van der Waals surface area contributed by atoms with Crippen molar-refractivity contribution in [2.45, 2.75) is 0 Å². The minimum atomic E-state index is -0.0540. The molecular weight excluding hydrogens is 289 g/mol. The van der Waals surface area contributed by atoms with Crippen molar-refractivity contribution in [1.82, 2.24) is 5.01 Å². The third-order valence-corrected chi connectivity index (χ3v) is 2.75. The number of nitrogens with zero attached hydrogens (tertiary/aromatic N) is 3. The van der Waals surface area contributed by atoms with Gasteiger partial charge in [0.1, 0.15) is 0 Å². The summed E-state index contributed by atoms with van der Waals surface area (Å²) in [7, 11) is 6.90. The Hall–Kier alpha value is -1.69. The average molecular weight is 305 g/mol. The molecule has 22 heavy (non-hydrogen) atoms. The van der Waals surface area contributed by atoms with E-state index in [2.05, 4.69) is 17.4 Å². The first kappa shape index (κ1) is 18.4. The minimum Gasteiger partial charge on any atom is -0.665 e. The Morgan fingerprint density at radius 3 is 1.95 bits per heavy atom. The van der Waals surface area contributed by atoms with Gasteiger partial charge in [-0.3, -0.25) is 9.80 Å². The molecule has 2 rings (SSSR count). The van der Waals surface area contributed by atoms with Crippen molar-refractivity contribution in [1.29, 1.82) is 0 Å². The number of carbonyl (C=O) groups excluding carboxylic acids is 1. The molecule has 6 heteroatoms. The normalized spacial score (nSPS) is 10.1. The van der Waals surface area contributed by atoms with Crippen LogP contribution in [0.15, 0.2) is 58.9 Å². The summed E-state index contributed by atoms with van der Waals surface area (Å²) in [5.74, 6) is 0.563. The summed E-state index contributed by atoms with van der Waals surface area (Å²) in [6.07, 6.45) is 0. The Labute approximate surface area is 152 Å². The average Bonchev–Trinajstić information content (AvgIpc) is 2.53. The summed E-state index contributed by atoms with van der Waals surface area (Å²) < 4.78 is 4.83. The zero-order chi connectivity index (χ0) is 15.2. The fraction of sp³-hybridized carbons (Fsp3) is 0.125. The molecule has 5 nitrogen and oxygen atoms in total. The molecular formula is C16H16N3NaO2. The zero-order valence-electron chi connectivity index (χ0n) is 13.0. The van der Waals surface area contributed by atoms with Crippen LogP contribution in [0.3, 0.4) is 0 Å². The topological polar surface area (TPSA) is 54.3 Å². The van der Waals surface area contributed by atoms with Crippen LogP contribution in [0.1, 0.15) is 15.9 Å². The molecule has 0 aliphatic carbocycles. The smallest absolute Gasteiger partial charge is 0.665 e. The number of carbonyl (C=O) groups is 1. The van der Waals surface area contributed by atoms with Crippen LogP contribution in [0.2, 0.25) is 0 Å².